The Balaban J connectivity index is 1.44. The Labute approximate surface area is 237 Å². The number of nitrogens with zero attached hydrogens (tertiary/aromatic N) is 4. The number of benzene rings is 2. The van der Waals surface area contributed by atoms with Crippen molar-refractivity contribution in [2.75, 3.05) is 50.8 Å². The van der Waals surface area contributed by atoms with Crippen LogP contribution >= 0.6 is 11.8 Å². The average Bonchev–Trinajstić information content (AvgIpc) is 3.19. The van der Waals surface area contributed by atoms with Crippen LogP contribution in [0.25, 0.3) is 11.6 Å². The molecule has 2 fully saturated rings. The number of fused-ring (bicyclic) bond motifs is 1. The minimum absolute atomic E-state index is 0.0277. The molecule has 5 rings (SSSR count). The van der Waals surface area contributed by atoms with Gasteiger partial charge in [0.25, 0.3) is 5.91 Å². The van der Waals surface area contributed by atoms with Gasteiger partial charge in [0.15, 0.2) is 5.17 Å². The second-order valence-corrected chi connectivity index (χ2v) is 12.1. The lowest BCUT2D eigenvalue weighted by molar-refractivity contribution is -0.122. The van der Waals surface area contributed by atoms with Gasteiger partial charge in [0.05, 0.1) is 29.3 Å². The zero-order chi connectivity index (χ0) is 27.6. The largest absolute Gasteiger partial charge is 0.379 e. The number of thioether (sulfide) groups is 1. The summed E-state index contributed by atoms with van der Waals surface area (Å²) >= 11 is 1.48. The molecule has 0 radical (unpaired) electrons. The monoisotopic (exact) mass is 544 g/mol. The Hall–Kier alpha value is -2.87. The first-order valence-corrected chi connectivity index (χ1v) is 14.9. The molecule has 0 aliphatic carbocycles. The molecule has 7 heteroatoms. The molecule has 2 aromatic rings. The third-order valence-corrected chi connectivity index (χ3v) is 8.80. The summed E-state index contributed by atoms with van der Waals surface area (Å²) in [4.78, 5) is 26.1. The van der Waals surface area contributed by atoms with Crippen molar-refractivity contribution < 1.29 is 9.53 Å². The van der Waals surface area contributed by atoms with Gasteiger partial charge in [-0.25, -0.2) is 4.99 Å². The van der Waals surface area contributed by atoms with E-state index in [0.29, 0.717) is 6.54 Å². The number of morpholine rings is 1. The number of allylic oxidation sites excluding steroid dienone is 1. The lowest BCUT2D eigenvalue weighted by Crippen LogP contribution is -2.44. The Kier molecular flexibility index (Phi) is 8.31. The van der Waals surface area contributed by atoms with Crippen molar-refractivity contribution >= 4 is 45.9 Å². The van der Waals surface area contributed by atoms with E-state index in [1.807, 2.05) is 35.2 Å². The number of hydrogen-bond donors (Lipinski definition) is 0. The van der Waals surface area contributed by atoms with E-state index in [4.69, 9.17) is 9.73 Å². The molecule has 3 aliphatic rings. The Bertz CT molecular complexity index is 1310. The SMILES string of the molecule is CCN1c2cc(C)c(/C=C3/SC(=Nc4ccccc4)N(CCCN4CCOCC4)C3=O)cc2C(C)=CC1(C)C. The number of likely N-dealkylation sites (N-methyl/N-ethyl adjacent to an activating group) is 1. The molecule has 2 saturated heterocycles. The minimum atomic E-state index is -0.0277. The number of rotatable bonds is 7. The second kappa shape index (κ2) is 11.7. The molecule has 6 nitrogen and oxygen atoms in total. The topological polar surface area (TPSA) is 48.4 Å². The van der Waals surface area contributed by atoms with Gasteiger partial charge >= 0.3 is 0 Å². The van der Waals surface area contributed by atoms with Crippen LogP contribution in [0.2, 0.25) is 0 Å². The molecule has 3 aliphatic heterocycles. The van der Waals surface area contributed by atoms with Crippen molar-refractivity contribution in [3.63, 3.8) is 0 Å². The highest BCUT2D eigenvalue weighted by atomic mass is 32.2. The first kappa shape index (κ1) is 27.7. The Morgan fingerprint density at radius 3 is 2.54 bits per heavy atom. The number of amides is 1. The van der Waals surface area contributed by atoms with Crippen LogP contribution < -0.4 is 4.90 Å². The van der Waals surface area contributed by atoms with Gasteiger partial charge in [-0.05, 0) is 99.8 Å². The van der Waals surface area contributed by atoms with E-state index in [1.165, 1.54) is 34.1 Å². The lowest BCUT2D eigenvalue weighted by Gasteiger charge is -2.43. The number of ether oxygens (including phenoxy) is 1. The molecule has 0 aromatic heterocycles. The summed E-state index contributed by atoms with van der Waals surface area (Å²) in [5.74, 6) is 0.0392. The van der Waals surface area contributed by atoms with Crippen LogP contribution in [-0.2, 0) is 9.53 Å². The highest BCUT2D eigenvalue weighted by Gasteiger charge is 2.34. The van der Waals surface area contributed by atoms with Gasteiger partial charge in [-0.15, -0.1) is 0 Å². The summed E-state index contributed by atoms with van der Waals surface area (Å²) in [7, 11) is 0. The van der Waals surface area contributed by atoms with Gasteiger partial charge in [-0.1, -0.05) is 24.3 Å². The summed E-state index contributed by atoms with van der Waals surface area (Å²) in [6.07, 6.45) is 5.31. The predicted octanol–water partition coefficient (Wildman–Crippen LogP) is 6.34. The third kappa shape index (κ3) is 6.01. The maximum absolute atomic E-state index is 13.7. The fraction of sp³-hybridized carbons (Fsp3) is 0.438. The summed E-state index contributed by atoms with van der Waals surface area (Å²) in [5.41, 5.74) is 6.88. The fourth-order valence-electron chi connectivity index (χ4n) is 5.80. The van der Waals surface area contributed by atoms with E-state index in [1.54, 1.807) is 0 Å². The summed E-state index contributed by atoms with van der Waals surface area (Å²) in [5, 5.41) is 0.755. The maximum atomic E-state index is 13.7. The number of carbonyl (C=O) groups excluding carboxylic acids is 1. The Morgan fingerprint density at radius 1 is 1.08 bits per heavy atom. The van der Waals surface area contributed by atoms with E-state index < -0.39 is 0 Å². The molecule has 0 bridgehead atoms. The van der Waals surface area contributed by atoms with E-state index in [-0.39, 0.29) is 11.4 Å². The van der Waals surface area contributed by atoms with Crippen LogP contribution in [0.4, 0.5) is 11.4 Å². The molecule has 0 atom stereocenters. The van der Waals surface area contributed by atoms with Gasteiger partial charge in [0, 0.05) is 44.0 Å². The number of hydrogen-bond acceptors (Lipinski definition) is 6. The molecule has 0 spiro atoms. The number of aliphatic imine (C=N–C) groups is 1. The van der Waals surface area contributed by atoms with Gasteiger partial charge in [-0.2, -0.15) is 0 Å². The zero-order valence-electron chi connectivity index (χ0n) is 23.9. The van der Waals surface area contributed by atoms with Crippen LogP contribution in [0.3, 0.4) is 0 Å². The van der Waals surface area contributed by atoms with E-state index in [0.717, 1.165) is 67.1 Å². The number of aryl methyl sites for hydroxylation is 1. The molecular weight excluding hydrogens is 504 g/mol. The summed E-state index contributed by atoms with van der Waals surface area (Å²) in [6, 6.07) is 14.4. The van der Waals surface area contributed by atoms with Crippen molar-refractivity contribution in [1.29, 1.82) is 0 Å². The molecule has 0 unspecified atom stereocenters. The molecule has 0 N–H and O–H groups in total. The molecule has 206 valence electrons. The lowest BCUT2D eigenvalue weighted by atomic mass is 9.87. The number of anilines is 1. The van der Waals surface area contributed by atoms with Gasteiger partial charge in [-0.3, -0.25) is 14.6 Å². The molecule has 1 amide bonds. The fourth-order valence-corrected chi connectivity index (χ4v) is 6.81. The van der Waals surface area contributed by atoms with Crippen LogP contribution in [0, 0.1) is 6.92 Å². The number of carbonyl (C=O) groups is 1. The molecule has 3 heterocycles. The van der Waals surface area contributed by atoms with Crippen molar-refractivity contribution in [2.45, 2.75) is 46.6 Å². The summed E-state index contributed by atoms with van der Waals surface area (Å²) < 4.78 is 5.48. The molecule has 0 saturated carbocycles. The predicted molar refractivity (Wildman–Crippen MR) is 165 cm³/mol. The maximum Gasteiger partial charge on any atom is 0.266 e. The Morgan fingerprint density at radius 2 is 1.82 bits per heavy atom. The first-order chi connectivity index (χ1) is 18.8. The van der Waals surface area contributed by atoms with E-state index in [9.17, 15) is 4.79 Å². The van der Waals surface area contributed by atoms with Gasteiger partial charge in [0.1, 0.15) is 0 Å². The zero-order valence-corrected chi connectivity index (χ0v) is 24.7. The number of amidine groups is 1. The highest BCUT2D eigenvalue weighted by Crippen LogP contribution is 2.41. The van der Waals surface area contributed by atoms with E-state index >= 15 is 0 Å². The molecule has 39 heavy (non-hydrogen) atoms. The standard InChI is InChI=1S/C32H40N4O2S/c1-6-36-28-19-23(2)25(20-27(28)24(3)22-32(36,4)5)21-29-30(37)35(14-10-13-34-15-17-38-18-16-34)31(39-29)33-26-11-8-7-9-12-26/h7-9,11-12,19-22H,6,10,13-18H2,1-5H3/b29-21+,33-31?. The second-order valence-electron chi connectivity index (χ2n) is 11.1. The van der Waals surface area contributed by atoms with E-state index in [2.05, 4.69) is 68.7 Å². The van der Waals surface area contributed by atoms with Crippen molar-refractivity contribution in [1.82, 2.24) is 9.80 Å². The average molecular weight is 545 g/mol. The van der Waals surface area contributed by atoms with Crippen LogP contribution in [0.1, 0.15) is 50.8 Å². The highest BCUT2D eigenvalue weighted by molar-refractivity contribution is 8.18. The van der Waals surface area contributed by atoms with Gasteiger partial charge < -0.3 is 9.64 Å². The van der Waals surface area contributed by atoms with Crippen molar-refractivity contribution in [2.24, 2.45) is 4.99 Å². The molecule has 2 aromatic carbocycles. The first-order valence-electron chi connectivity index (χ1n) is 14.0. The molecular formula is C32H40N4O2S. The minimum Gasteiger partial charge on any atom is -0.379 e. The normalized spacial score (nSPS) is 21.6. The third-order valence-electron chi connectivity index (χ3n) is 7.80. The van der Waals surface area contributed by atoms with Crippen LogP contribution in [-0.4, -0.2) is 72.4 Å². The van der Waals surface area contributed by atoms with Crippen LogP contribution in [0.5, 0.6) is 0 Å². The number of para-hydroxylation sites is 1. The summed E-state index contributed by atoms with van der Waals surface area (Å²) in [6.45, 7) is 17.1. The van der Waals surface area contributed by atoms with Crippen LogP contribution in [0.15, 0.2) is 58.4 Å². The van der Waals surface area contributed by atoms with Crippen molar-refractivity contribution in [3.05, 3.63) is 70.1 Å². The van der Waals surface area contributed by atoms with Gasteiger partial charge in [0.2, 0.25) is 0 Å². The van der Waals surface area contributed by atoms with Crippen molar-refractivity contribution in [3.8, 4) is 0 Å². The quantitative estimate of drug-likeness (QED) is 0.381. The smallest absolute Gasteiger partial charge is 0.266 e.